The van der Waals surface area contributed by atoms with E-state index in [1.165, 1.54) is 0 Å². The number of hydrogen-bond donors (Lipinski definition) is 0. The van der Waals surface area contributed by atoms with Crippen LogP contribution in [0.4, 0.5) is 0 Å². The molecule has 0 spiro atoms. The van der Waals surface area contributed by atoms with Crippen molar-refractivity contribution in [1.82, 2.24) is 14.5 Å². The van der Waals surface area contributed by atoms with Crippen LogP contribution in [0.5, 0.6) is 0 Å². The molecule has 0 radical (unpaired) electrons. The van der Waals surface area contributed by atoms with Gasteiger partial charge in [-0.05, 0) is 13.3 Å². The highest BCUT2D eigenvalue weighted by Gasteiger charge is 2.20. The molecule has 0 saturated heterocycles. The molecule has 0 aliphatic carbocycles. The lowest BCUT2D eigenvalue weighted by molar-refractivity contribution is 0.104. The fourth-order valence-corrected chi connectivity index (χ4v) is 3.00. The summed E-state index contributed by atoms with van der Waals surface area (Å²) in [7, 11) is 0. The van der Waals surface area contributed by atoms with Crippen molar-refractivity contribution in [2.24, 2.45) is 0 Å². The van der Waals surface area contributed by atoms with E-state index in [9.17, 15) is 0 Å². The van der Waals surface area contributed by atoms with E-state index in [4.69, 9.17) is 14.4 Å². The van der Waals surface area contributed by atoms with Gasteiger partial charge in [0, 0.05) is 6.07 Å². The smallest absolute Gasteiger partial charge is 0.178 e. The number of ether oxygens (including phenoxy) is 1. The van der Waals surface area contributed by atoms with E-state index in [0.29, 0.717) is 19.6 Å². The minimum Gasteiger partial charge on any atom is -0.460 e. The molecule has 3 rings (SSSR count). The molecular formula is C17H20N4O2. The lowest BCUT2D eigenvalue weighted by Crippen LogP contribution is -2.17. The quantitative estimate of drug-likeness (QED) is 0.621. The zero-order chi connectivity index (χ0) is 16.2. The van der Waals surface area contributed by atoms with Crippen LogP contribution in [0, 0.1) is 18.3 Å². The second-order valence-electron chi connectivity index (χ2n) is 5.58. The lowest BCUT2D eigenvalue weighted by atomic mass is 10.1. The van der Waals surface area contributed by atoms with Crippen LogP contribution in [-0.4, -0.2) is 27.7 Å². The van der Waals surface area contributed by atoms with Gasteiger partial charge in [-0.2, -0.15) is 5.26 Å². The summed E-state index contributed by atoms with van der Waals surface area (Å²) in [6.07, 6.45) is 5.87. The first kappa shape index (κ1) is 15.5. The maximum Gasteiger partial charge on any atom is 0.178 e. The third-order valence-corrected chi connectivity index (χ3v) is 3.96. The van der Waals surface area contributed by atoms with Crippen molar-refractivity contribution >= 4 is 22.1 Å². The molecule has 0 aliphatic rings. The van der Waals surface area contributed by atoms with E-state index < -0.39 is 0 Å². The molecule has 3 aromatic rings. The van der Waals surface area contributed by atoms with Crippen LogP contribution in [0.15, 0.2) is 22.9 Å². The standard InChI is InChI=1S/C17H20N4O2/c1-3-5-13(11-22-8-4-7-18)21-12(2)20-15-10-19-14-6-9-23-17(14)16(15)21/h6,9-10,13H,3-5,8,11H2,1-2H3. The van der Waals surface area contributed by atoms with Crippen LogP contribution >= 0.6 is 0 Å². The highest BCUT2D eigenvalue weighted by molar-refractivity contribution is 5.98. The van der Waals surface area contributed by atoms with E-state index in [2.05, 4.69) is 27.5 Å². The Morgan fingerprint density at radius 2 is 2.30 bits per heavy atom. The largest absolute Gasteiger partial charge is 0.460 e. The van der Waals surface area contributed by atoms with E-state index in [-0.39, 0.29) is 6.04 Å². The first-order valence-electron chi connectivity index (χ1n) is 7.91. The van der Waals surface area contributed by atoms with Crippen LogP contribution in [-0.2, 0) is 4.74 Å². The molecule has 1 unspecified atom stereocenters. The summed E-state index contributed by atoms with van der Waals surface area (Å²) >= 11 is 0. The monoisotopic (exact) mass is 312 g/mol. The minimum absolute atomic E-state index is 0.166. The van der Waals surface area contributed by atoms with Crippen LogP contribution in [0.2, 0.25) is 0 Å². The van der Waals surface area contributed by atoms with Crippen molar-refractivity contribution in [2.45, 2.75) is 39.2 Å². The number of pyridine rings is 1. The van der Waals surface area contributed by atoms with Crippen molar-refractivity contribution in [3.63, 3.8) is 0 Å². The first-order valence-corrected chi connectivity index (χ1v) is 7.91. The molecule has 1 atom stereocenters. The Morgan fingerprint density at radius 1 is 1.43 bits per heavy atom. The average molecular weight is 312 g/mol. The number of furan rings is 1. The van der Waals surface area contributed by atoms with Crippen LogP contribution < -0.4 is 0 Å². The Balaban J connectivity index is 2.02. The number of nitrogens with zero attached hydrogens (tertiary/aromatic N) is 4. The molecule has 0 fully saturated rings. The Hall–Kier alpha value is -2.39. The van der Waals surface area contributed by atoms with Gasteiger partial charge >= 0.3 is 0 Å². The molecule has 6 heteroatoms. The van der Waals surface area contributed by atoms with Gasteiger partial charge in [0.25, 0.3) is 0 Å². The van der Waals surface area contributed by atoms with Gasteiger partial charge in [-0.15, -0.1) is 0 Å². The topological polar surface area (TPSA) is 76.9 Å². The minimum atomic E-state index is 0.166. The number of fused-ring (bicyclic) bond motifs is 3. The van der Waals surface area contributed by atoms with Crippen molar-refractivity contribution in [2.75, 3.05) is 13.2 Å². The van der Waals surface area contributed by atoms with E-state index >= 15 is 0 Å². The molecule has 0 amide bonds. The molecular weight excluding hydrogens is 292 g/mol. The van der Waals surface area contributed by atoms with Crippen molar-refractivity contribution in [1.29, 1.82) is 5.26 Å². The summed E-state index contributed by atoms with van der Waals surface area (Å²) in [5.41, 5.74) is 3.41. The van der Waals surface area contributed by atoms with Gasteiger partial charge < -0.3 is 13.7 Å². The first-order chi connectivity index (χ1) is 11.3. The summed E-state index contributed by atoms with van der Waals surface area (Å²) in [6, 6.07) is 4.13. The van der Waals surface area contributed by atoms with Crippen LogP contribution in [0.3, 0.4) is 0 Å². The Kier molecular flexibility index (Phi) is 4.58. The van der Waals surface area contributed by atoms with Gasteiger partial charge in [0.1, 0.15) is 22.4 Å². The van der Waals surface area contributed by atoms with E-state index in [0.717, 1.165) is 40.8 Å². The summed E-state index contributed by atoms with van der Waals surface area (Å²) in [4.78, 5) is 9.00. The number of aryl methyl sites for hydroxylation is 1. The molecule has 0 saturated carbocycles. The maximum absolute atomic E-state index is 8.63. The van der Waals surface area contributed by atoms with E-state index in [1.54, 1.807) is 12.5 Å². The molecule has 3 aromatic heterocycles. The Morgan fingerprint density at radius 3 is 3.09 bits per heavy atom. The third kappa shape index (κ3) is 2.92. The molecule has 3 heterocycles. The zero-order valence-corrected chi connectivity index (χ0v) is 13.5. The third-order valence-electron chi connectivity index (χ3n) is 3.96. The Labute approximate surface area is 134 Å². The van der Waals surface area contributed by atoms with Crippen LogP contribution in [0.1, 0.15) is 38.1 Å². The molecule has 0 aliphatic heterocycles. The number of hydrogen-bond acceptors (Lipinski definition) is 5. The molecule has 23 heavy (non-hydrogen) atoms. The van der Waals surface area contributed by atoms with Crippen molar-refractivity contribution in [3.05, 3.63) is 24.4 Å². The van der Waals surface area contributed by atoms with E-state index in [1.807, 2.05) is 13.0 Å². The highest BCUT2D eigenvalue weighted by Crippen LogP contribution is 2.29. The number of nitriles is 1. The van der Waals surface area contributed by atoms with Crippen molar-refractivity contribution < 1.29 is 9.15 Å². The molecule has 0 bridgehead atoms. The SMILES string of the molecule is CCCC(COCCC#N)n1c(C)nc2cnc3ccoc3c21. The molecule has 6 nitrogen and oxygen atoms in total. The normalized spacial score (nSPS) is 12.7. The van der Waals surface area contributed by atoms with Gasteiger partial charge in [-0.25, -0.2) is 4.98 Å². The van der Waals surface area contributed by atoms with Gasteiger partial charge in [-0.3, -0.25) is 4.98 Å². The van der Waals surface area contributed by atoms with Gasteiger partial charge in [0.05, 0.1) is 44.2 Å². The summed E-state index contributed by atoms with van der Waals surface area (Å²) in [5.74, 6) is 0.924. The predicted octanol–water partition coefficient (Wildman–Crippen LogP) is 3.76. The fourth-order valence-electron chi connectivity index (χ4n) is 3.00. The van der Waals surface area contributed by atoms with Crippen molar-refractivity contribution in [3.8, 4) is 6.07 Å². The summed E-state index contributed by atoms with van der Waals surface area (Å²) < 4.78 is 13.5. The zero-order valence-electron chi connectivity index (χ0n) is 13.5. The predicted molar refractivity (Wildman–Crippen MR) is 87.0 cm³/mol. The average Bonchev–Trinajstić information content (AvgIpc) is 3.13. The molecule has 120 valence electrons. The summed E-state index contributed by atoms with van der Waals surface area (Å²) in [6.45, 7) is 5.17. The highest BCUT2D eigenvalue weighted by atomic mass is 16.5. The summed E-state index contributed by atoms with van der Waals surface area (Å²) in [5, 5.41) is 8.63. The van der Waals surface area contributed by atoms with Gasteiger partial charge in [0.2, 0.25) is 0 Å². The second kappa shape index (κ2) is 6.80. The fraction of sp³-hybridized carbons (Fsp3) is 0.471. The molecule has 0 N–H and O–H groups in total. The van der Waals surface area contributed by atoms with Gasteiger partial charge in [0.15, 0.2) is 5.58 Å². The maximum atomic E-state index is 8.63. The number of aromatic nitrogens is 3. The lowest BCUT2D eigenvalue weighted by Gasteiger charge is -2.20. The van der Waals surface area contributed by atoms with Gasteiger partial charge in [-0.1, -0.05) is 13.3 Å². The second-order valence-corrected chi connectivity index (χ2v) is 5.58. The number of rotatable bonds is 7. The van der Waals surface area contributed by atoms with Crippen LogP contribution in [0.25, 0.3) is 22.1 Å². The Bertz CT molecular complexity index is 843. The molecule has 0 aromatic carbocycles. The number of imidazole rings is 1.